The lowest BCUT2D eigenvalue weighted by atomic mass is 9.91. The third kappa shape index (κ3) is 5.40. The second-order valence-corrected chi connectivity index (χ2v) is 15.0. The SMILES string of the molecule is c1ccc(-c2cccc(-c3ccc(-c4cccc5oc6c(-c7nc(-c8ccccc8)nc(-c8ccccc8)n7)cccc6c45)c4c3sc3ccccc34)c2)cc1. The molecule has 0 radical (unpaired) electrons. The van der Waals surface area contributed by atoms with Crippen molar-refractivity contribution in [1.82, 2.24) is 15.0 Å². The van der Waals surface area contributed by atoms with Gasteiger partial charge in [-0.25, -0.2) is 15.0 Å². The molecule has 11 aromatic rings. The van der Waals surface area contributed by atoms with E-state index in [-0.39, 0.29) is 0 Å². The van der Waals surface area contributed by atoms with Crippen LogP contribution in [0.3, 0.4) is 0 Å². The summed E-state index contributed by atoms with van der Waals surface area (Å²) in [6.45, 7) is 0. The van der Waals surface area contributed by atoms with Crippen LogP contribution in [0.1, 0.15) is 0 Å². The van der Waals surface area contributed by atoms with E-state index in [1.807, 2.05) is 78.1 Å². The second kappa shape index (κ2) is 13.3. The van der Waals surface area contributed by atoms with Crippen molar-refractivity contribution in [2.24, 2.45) is 0 Å². The highest BCUT2D eigenvalue weighted by molar-refractivity contribution is 7.26. The molecule has 0 atom stereocenters. The number of hydrogen-bond acceptors (Lipinski definition) is 5. The van der Waals surface area contributed by atoms with Gasteiger partial charge in [-0.15, -0.1) is 11.3 Å². The van der Waals surface area contributed by atoms with Gasteiger partial charge in [-0.3, -0.25) is 0 Å². The lowest BCUT2D eigenvalue weighted by molar-refractivity contribution is 0.669. The van der Waals surface area contributed by atoms with Crippen LogP contribution in [0.4, 0.5) is 0 Å². The Kier molecular flexibility index (Phi) is 7.64. The summed E-state index contributed by atoms with van der Waals surface area (Å²) in [6.07, 6.45) is 0. The van der Waals surface area contributed by atoms with Crippen molar-refractivity contribution >= 4 is 53.4 Å². The van der Waals surface area contributed by atoms with E-state index in [9.17, 15) is 0 Å². The molecule has 4 nitrogen and oxygen atoms in total. The Morgan fingerprint density at radius 1 is 0.357 bits per heavy atom. The highest BCUT2D eigenvalue weighted by Gasteiger charge is 2.22. The maximum absolute atomic E-state index is 6.82. The summed E-state index contributed by atoms with van der Waals surface area (Å²) < 4.78 is 9.36. The van der Waals surface area contributed by atoms with Gasteiger partial charge in [-0.2, -0.15) is 0 Å². The standard InChI is InChI=1S/C51H31N3OS/c1-4-15-32(16-5-1)35-21-12-22-36(31-35)37-29-30-39(46-40-23-10-11-28-44(40)56-48(37)46)38-24-14-27-43-45(38)41-25-13-26-42(47(41)55-43)51-53-49(33-17-6-2-7-18-33)52-50(54-51)34-19-8-3-9-20-34/h1-31H. The van der Waals surface area contributed by atoms with Crippen molar-refractivity contribution in [1.29, 1.82) is 0 Å². The fourth-order valence-corrected chi connectivity index (χ4v) is 9.22. The van der Waals surface area contributed by atoms with Crippen LogP contribution < -0.4 is 0 Å². The predicted molar refractivity (Wildman–Crippen MR) is 233 cm³/mol. The minimum atomic E-state index is 0.567. The van der Waals surface area contributed by atoms with Gasteiger partial charge in [-0.1, -0.05) is 164 Å². The van der Waals surface area contributed by atoms with Gasteiger partial charge in [0.05, 0.1) is 5.56 Å². The molecule has 0 amide bonds. The molecule has 8 aromatic carbocycles. The van der Waals surface area contributed by atoms with E-state index in [0.717, 1.165) is 44.2 Å². The molecule has 262 valence electrons. The Morgan fingerprint density at radius 3 is 1.64 bits per heavy atom. The minimum absolute atomic E-state index is 0.567. The Hall–Kier alpha value is -7.21. The molecule has 0 aliphatic carbocycles. The van der Waals surface area contributed by atoms with E-state index in [1.54, 1.807) is 0 Å². The van der Waals surface area contributed by atoms with Crippen LogP contribution in [0.25, 0.3) is 110 Å². The van der Waals surface area contributed by atoms with Crippen LogP contribution >= 0.6 is 11.3 Å². The number of rotatable bonds is 6. The highest BCUT2D eigenvalue weighted by atomic mass is 32.1. The van der Waals surface area contributed by atoms with E-state index < -0.39 is 0 Å². The number of nitrogens with zero attached hydrogens (tertiary/aromatic N) is 3. The molecule has 0 aliphatic heterocycles. The summed E-state index contributed by atoms with van der Waals surface area (Å²) in [7, 11) is 0. The molecule has 3 aromatic heterocycles. The van der Waals surface area contributed by atoms with Gasteiger partial charge < -0.3 is 4.42 Å². The molecular weight excluding hydrogens is 703 g/mol. The van der Waals surface area contributed by atoms with Gasteiger partial charge >= 0.3 is 0 Å². The number of furan rings is 1. The van der Waals surface area contributed by atoms with Crippen LogP contribution in [0.15, 0.2) is 192 Å². The Morgan fingerprint density at radius 2 is 0.893 bits per heavy atom. The molecule has 11 rings (SSSR count). The third-order valence-corrected chi connectivity index (χ3v) is 11.8. The van der Waals surface area contributed by atoms with Gasteiger partial charge in [0, 0.05) is 42.1 Å². The normalized spacial score (nSPS) is 11.6. The average Bonchev–Trinajstić information content (AvgIpc) is 3.86. The molecule has 3 heterocycles. The summed E-state index contributed by atoms with van der Waals surface area (Å²) in [4.78, 5) is 15.0. The Labute approximate surface area is 327 Å². The Balaban J connectivity index is 1.12. The monoisotopic (exact) mass is 733 g/mol. The maximum Gasteiger partial charge on any atom is 0.167 e. The highest BCUT2D eigenvalue weighted by Crippen LogP contribution is 2.48. The van der Waals surface area contributed by atoms with Crippen molar-refractivity contribution in [3.05, 3.63) is 188 Å². The lowest BCUT2D eigenvalue weighted by Gasteiger charge is -2.12. The first kappa shape index (κ1) is 32.2. The zero-order valence-corrected chi connectivity index (χ0v) is 30.9. The van der Waals surface area contributed by atoms with Gasteiger partial charge in [0.25, 0.3) is 0 Å². The van der Waals surface area contributed by atoms with E-state index >= 15 is 0 Å². The van der Waals surface area contributed by atoms with Crippen molar-refractivity contribution in [2.75, 3.05) is 0 Å². The predicted octanol–water partition coefficient (Wildman–Crippen LogP) is 14.1. The molecule has 0 N–H and O–H groups in total. The molecule has 5 heteroatoms. The minimum Gasteiger partial charge on any atom is -0.455 e. The quantitative estimate of drug-likeness (QED) is 0.171. The van der Waals surface area contributed by atoms with Crippen LogP contribution in [0, 0.1) is 0 Å². The number of fused-ring (bicyclic) bond motifs is 6. The van der Waals surface area contributed by atoms with E-state index in [1.165, 1.54) is 48.0 Å². The van der Waals surface area contributed by atoms with Crippen molar-refractivity contribution in [3.63, 3.8) is 0 Å². The zero-order valence-electron chi connectivity index (χ0n) is 30.1. The number of hydrogen-bond donors (Lipinski definition) is 0. The molecule has 0 aliphatic rings. The van der Waals surface area contributed by atoms with E-state index in [4.69, 9.17) is 19.4 Å². The van der Waals surface area contributed by atoms with Gasteiger partial charge in [-0.05, 0) is 57.6 Å². The smallest absolute Gasteiger partial charge is 0.167 e. The number of para-hydroxylation sites is 1. The van der Waals surface area contributed by atoms with Crippen molar-refractivity contribution in [2.45, 2.75) is 0 Å². The second-order valence-electron chi connectivity index (χ2n) is 13.9. The van der Waals surface area contributed by atoms with Crippen LogP contribution in [0.2, 0.25) is 0 Å². The van der Waals surface area contributed by atoms with Crippen molar-refractivity contribution < 1.29 is 4.42 Å². The fourth-order valence-electron chi connectivity index (χ4n) is 7.95. The Bertz CT molecular complexity index is 3180. The molecular formula is C51H31N3OS. The number of aromatic nitrogens is 3. The summed E-state index contributed by atoms with van der Waals surface area (Å²) >= 11 is 1.86. The number of thiophene rings is 1. The first-order valence-electron chi connectivity index (χ1n) is 18.7. The first-order valence-corrected chi connectivity index (χ1v) is 19.5. The molecule has 0 bridgehead atoms. The molecule has 0 fully saturated rings. The number of benzene rings is 8. The molecule has 0 saturated carbocycles. The lowest BCUT2D eigenvalue weighted by Crippen LogP contribution is -2.00. The van der Waals surface area contributed by atoms with Gasteiger partial charge in [0.15, 0.2) is 17.5 Å². The molecule has 0 unspecified atom stereocenters. The molecule has 0 spiro atoms. The fraction of sp³-hybridized carbons (Fsp3) is 0. The molecule has 0 saturated heterocycles. The van der Waals surface area contributed by atoms with Crippen molar-refractivity contribution in [3.8, 4) is 67.5 Å². The topological polar surface area (TPSA) is 51.8 Å². The maximum atomic E-state index is 6.82. The summed E-state index contributed by atoms with van der Waals surface area (Å²) in [6, 6.07) is 65.6. The van der Waals surface area contributed by atoms with Gasteiger partial charge in [0.1, 0.15) is 11.2 Å². The summed E-state index contributed by atoms with van der Waals surface area (Å²) in [5, 5.41) is 4.59. The van der Waals surface area contributed by atoms with Crippen LogP contribution in [-0.2, 0) is 0 Å². The van der Waals surface area contributed by atoms with E-state index in [0.29, 0.717) is 17.5 Å². The third-order valence-electron chi connectivity index (χ3n) is 10.6. The first-order chi connectivity index (χ1) is 27.8. The summed E-state index contributed by atoms with van der Waals surface area (Å²) in [5.41, 5.74) is 11.4. The largest absolute Gasteiger partial charge is 0.455 e. The molecule has 56 heavy (non-hydrogen) atoms. The summed E-state index contributed by atoms with van der Waals surface area (Å²) in [5.74, 6) is 1.80. The van der Waals surface area contributed by atoms with Crippen LogP contribution in [0.5, 0.6) is 0 Å². The van der Waals surface area contributed by atoms with Gasteiger partial charge in [0.2, 0.25) is 0 Å². The average molecular weight is 734 g/mol. The zero-order chi connectivity index (χ0) is 37.0. The van der Waals surface area contributed by atoms with E-state index in [2.05, 4.69) is 121 Å². The van der Waals surface area contributed by atoms with Crippen LogP contribution in [-0.4, -0.2) is 15.0 Å².